The number of rotatable bonds is 5. The number of thiazole rings is 1. The molecule has 1 aliphatic rings. The van der Waals surface area contributed by atoms with Gasteiger partial charge in [0.15, 0.2) is 0 Å². The quantitative estimate of drug-likeness (QED) is 0.586. The zero-order valence-corrected chi connectivity index (χ0v) is 18.2. The molecule has 2 heterocycles. The van der Waals surface area contributed by atoms with Gasteiger partial charge in [-0.1, -0.05) is 42.5 Å². The van der Waals surface area contributed by atoms with Crippen molar-refractivity contribution < 1.29 is 17.6 Å². The van der Waals surface area contributed by atoms with Crippen LogP contribution in [0.4, 0.5) is 4.39 Å². The molecule has 0 unspecified atom stereocenters. The van der Waals surface area contributed by atoms with E-state index in [0.29, 0.717) is 15.4 Å². The predicted molar refractivity (Wildman–Crippen MR) is 119 cm³/mol. The number of amides is 1. The summed E-state index contributed by atoms with van der Waals surface area (Å²) in [7, 11) is -3.57. The first-order chi connectivity index (χ1) is 14.9. The molecule has 31 heavy (non-hydrogen) atoms. The van der Waals surface area contributed by atoms with Crippen LogP contribution >= 0.6 is 11.3 Å². The normalized spacial score (nSPS) is 15.5. The van der Waals surface area contributed by atoms with E-state index in [9.17, 15) is 17.6 Å². The minimum absolute atomic E-state index is 0.214. The highest BCUT2D eigenvalue weighted by Gasteiger charge is 2.28. The fraction of sp³-hybridized carbons (Fsp3) is 0.182. The Balaban J connectivity index is 1.39. The van der Waals surface area contributed by atoms with Gasteiger partial charge in [-0.05, 0) is 23.8 Å². The second-order valence-corrected chi connectivity index (χ2v) is 9.81. The molecule has 1 aromatic heterocycles. The van der Waals surface area contributed by atoms with Crippen molar-refractivity contribution in [3.05, 3.63) is 82.5 Å². The lowest BCUT2D eigenvalue weighted by molar-refractivity contribution is 0.0703. The highest BCUT2D eigenvalue weighted by molar-refractivity contribution is 7.92. The third-order valence-electron chi connectivity index (χ3n) is 4.94. The van der Waals surface area contributed by atoms with Crippen LogP contribution in [0.2, 0.25) is 0 Å². The van der Waals surface area contributed by atoms with Gasteiger partial charge in [0.2, 0.25) is 10.0 Å². The van der Waals surface area contributed by atoms with Crippen molar-refractivity contribution in [3.63, 3.8) is 0 Å². The fourth-order valence-corrected chi connectivity index (χ4v) is 5.33. The lowest BCUT2D eigenvalue weighted by Gasteiger charge is -2.33. The minimum atomic E-state index is -3.57. The average Bonchev–Trinajstić information content (AvgIpc) is 3.28. The van der Waals surface area contributed by atoms with E-state index in [0.717, 1.165) is 16.9 Å². The van der Waals surface area contributed by atoms with Crippen LogP contribution in [0.15, 0.2) is 66.2 Å². The number of benzene rings is 2. The summed E-state index contributed by atoms with van der Waals surface area (Å²) in [5.74, 6) is -0.616. The van der Waals surface area contributed by atoms with Gasteiger partial charge in [0.1, 0.15) is 15.7 Å². The summed E-state index contributed by atoms with van der Waals surface area (Å²) in [6, 6.07) is 15.5. The zero-order chi connectivity index (χ0) is 21.8. The Kier molecular flexibility index (Phi) is 6.26. The van der Waals surface area contributed by atoms with Gasteiger partial charge in [-0.15, -0.1) is 11.3 Å². The standard InChI is InChI=1S/C22H20FN3O3S2/c23-19-9-5-4-8-18(19)21-24-16-20(30-21)22(27)25-11-13-26(14-12-25)31(28,29)15-10-17-6-2-1-3-7-17/h1-10,15-16H,11-14H2/b15-10+. The third kappa shape index (κ3) is 4.90. The van der Waals surface area contributed by atoms with Crippen LogP contribution in [0.5, 0.6) is 0 Å². The predicted octanol–water partition coefficient (Wildman–Crippen LogP) is 3.71. The van der Waals surface area contributed by atoms with Crippen LogP contribution in [-0.2, 0) is 10.0 Å². The van der Waals surface area contributed by atoms with Crippen molar-refractivity contribution in [1.29, 1.82) is 0 Å². The molecule has 0 N–H and O–H groups in total. The summed E-state index contributed by atoms with van der Waals surface area (Å²) >= 11 is 1.13. The van der Waals surface area contributed by atoms with Crippen molar-refractivity contribution in [3.8, 4) is 10.6 Å². The van der Waals surface area contributed by atoms with Crippen LogP contribution in [0, 0.1) is 5.82 Å². The van der Waals surface area contributed by atoms with Gasteiger partial charge in [-0.3, -0.25) is 4.79 Å². The molecular weight excluding hydrogens is 437 g/mol. The molecule has 0 spiro atoms. The van der Waals surface area contributed by atoms with Crippen molar-refractivity contribution in [2.75, 3.05) is 26.2 Å². The first-order valence-electron chi connectivity index (χ1n) is 9.67. The van der Waals surface area contributed by atoms with Crippen molar-refractivity contribution in [1.82, 2.24) is 14.2 Å². The number of hydrogen-bond donors (Lipinski definition) is 0. The number of piperazine rings is 1. The number of carbonyl (C=O) groups excluding carboxylic acids is 1. The number of sulfonamides is 1. The molecule has 0 saturated carbocycles. The van der Waals surface area contributed by atoms with Gasteiger partial charge < -0.3 is 4.90 Å². The van der Waals surface area contributed by atoms with Crippen LogP contribution < -0.4 is 0 Å². The monoisotopic (exact) mass is 457 g/mol. The molecule has 1 saturated heterocycles. The Hall–Kier alpha value is -2.88. The number of hydrogen-bond acceptors (Lipinski definition) is 5. The van der Waals surface area contributed by atoms with Gasteiger partial charge in [0.25, 0.3) is 5.91 Å². The topological polar surface area (TPSA) is 70.6 Å². The molecule has 3 aromatic rings. The molecule has 1 aliphatic heterocycles. The lowest BCUT2D eigenvalue weighted by Crippen LogP contribution is -2.49. The number of aromatic nitrogens is 1. The highest BCUT2D eigenvalue weighted by atomic mass is 32.2. The van der Waals surface area contributed by atoms with E-state index >= 15 is 0 Å². The molecule has 0 radical (unpaired) electrons. The molecule has 1 amide bonds. The Morgan fingerprint density at radius 2 is 1.68 bits per heavy atom. The summed E-state index contributed by atoms with van der Waals surface area (Å²) in [4.78, 5) is 19.0. The average molecular weight is 458 g/mol. The van der Waals surface area contributed by atoms with E-state index < -0.39 is 15.8 Å². The summed E-state index contributed by atoms with van der Waals surface area (Å²) in [5.41, 5.74) is 1.16. The van der Waals surface area contributed by atoms with E-state index in [-0.39, 0.29) is 32.1 Å². The Morgan fingerprint density at radius 3 is 2.39 bits per heavy atom. The van der Waals surface area contributed by atoms with Crippen LogP contribution in [-0.4, -0.2) is 54.7 Å². The molecule has 1 fully saturated rings. The molecule has 160 valence electrons. The molecule has 4 rings (SSSR count). The maximum absolute atomic E-state index is 14.0. The van der Waals surface area contributed by atoms with Crippen molar-refractivity contribution >= 4 is 33.3 Å². The Morgan fingerprint density at radius 1 is 1.00 bits per heavy atom. The van der Waals surface area contributed by atoms with Gasteiger partial charge in [0, 0.05) is 37.2 Å². The second kappa shape index (κ2) is 9.09. The molecule has 2 aromatic carbocycles. The van der Waals surface area contributed by atoms with E-state index in [4.69, 9.17) is 0 Å². The van der Waals surface area contributed by atoms with Crippen LogP contribution in [0.25, 0.3) is 16.6 Å². The van der Waals surface area contributed by atoms with E-state index in [2.05, 4.69) is 4.98 Å². The zero-order valence-electron chi connectivity index (χ0n) is 16.5. The molecule has 9 heteroatoms. The summed E-state index contributed by atoms with van der Waals surface area (Å²) in [6.45, 7) is 0.993. The summed E-state index contributed by atoms with van der Waals surface area (Å²) in [5, 5.41) is 1.64. The maximum atomic E-state index is 14.0. The molecule has 0 bridgehead atoms. The Labute approximate surface area is 184 Å². The molecule has 6 nitrogen and oxygen atoms in total. The van der Waals surface area contributed by atoms with Crippen LogP contribution in [0.1, 0.15) is 15.2 Å². The largest absolute Gasteiger partial charge is 0.335 e. The molecule has 0 aliphatic carbocycles. The second-order valence-electron chi connectivity index (χ2n) is 6.96. The van der Waals surface area contributed by atoms with Crippen molar-refractivity contribution in [2.45, 2.75) is 0 Å². The van der Waals surface area contributed by atoms with Gasteiger partial charge in [-0.2, -0.15) is 4.31 Å². The number of carbonyl (C=O) groups is 1. The highest BCUT2D eigenvalue weighted by Crippen LogP contribution is 2.28. The van der Waals surface area contributed by atoms with Crippen molar-refractivity contribution in [2.24, 2.45) is 0 Å². The number of halogens is 1. The summed E-state index contributed by atoms with van der Waals surface area (Å²) < 4.78 is 40.5. The Bertz CT molecular complexity index is 1200. The SMILES string of the molecule is O=C(c1cnc(-c2ccccc2F)s1)N1CCN(S(=O)(=O)/C=C/c2ccccc2)CC1. The number of nitrogens with zero attached hydrogens (tertiary/aromatic N) is 3. The smallest absolute Gasteiger partial charge is 0.265 e. The van der Waals surface area contributed by atoms with E-state index in [1.165, 1.54) is 22.0 Å². The first-order valence-corrected chi connectivity index (χ1v) is 12.0. The molecule has 0 atom stereocenters. The van der Waals surface area contributed by atoms with E-state index in [1.807, 2.05) is 30.3 Å². The van der Waals surface area contributed by atoms with Gasteiger partial charge >= 0.3 is 0 Å². The fourth-order valence-electron chi connectivity index (χ4n) is 3.25. The molecular formula is C22H20FN3O3S2. The third-order valence-corrected chi connectivity index (χ3v) is 7.52. The van der Waals surface area contributed by atoms with Gasteiger partial charge in [0.05, 0.1) is 6.20 Å². The minimum Gasteiger partial charge on any atom is -0.335 e. The maximum Gasteiger partial charge on any atom is 0.265 e. The summed E-state index contributed by atoms with van der Waals surface area (Å²) in [6.07, 6.45) is 3.01. The lowest BCUT2D eigenvalue weighted by atomic mass is 10.2. The first kappa shape index (κ1) is 21.4. The van der Waals surface area contributed by atoms with Gasteiger partial charge in [-0.25, -0.2) is 17.8 Å². The van der Waals surface area contributed by atoms with E-state index in [1.54, 1.807) is 29.2 Å². The van der Waals surface area contributed by atoms with Crippen LogP contribution in [0.3, 0.4) is 0 Å².